The predicted molar refractivity (Wildman–Crippen MR) is 107 cm³/mol. The highest BCUT2D eigenvalue weighted by molar-refractivity contribution is 7.99. The normalized spacial score (nSPS) is 16.6. The van der Waals surface area contributed by atoms with Crippen molar-refractivity contribution in [1.29, 1.82) is 0 Å². The Morgan fingerprint density at radius 3 is 2.64 bits per heavy atom. The fourth-order valence-electron chi connectivity index (χ4n) is 2.50. The molecule has 0 aliphatic carbocycles. The maximum atomic E-state index is 12.0. The van der Waals surface area contributed by atoms with Gasteiger partial charge in [0.15, 0.2) is 0 Å². The number of nitrogens with one attached hydrogen (secondary N) is 3. The molecule has 2 amide bonds. The molecule has 2 rings (SSSR count). The van der Waals surface area contributed by atoms with Gasteiger partial charge >= 0.3 is 0 Å². The van der Waals surface area contributed by atoms with Crippen LogP contribution in [-0.4, -0.2) is 42.5 Å². The van der Waals surface area contributed by atoms with E-state index in [9.17, 15) is 9.59 Å². The third-order valence-electron chi connectivity index (χ3n) is 3.95. The number of hydrogen-bond donors (Lipinski definition) is 3. The molecule has 1 atom stereocenters. The van der Waals surface area contributed by atoms with E-state index < -0.39 is 0 Å². The van der Waals surface area contributed by atoms with E-state index in [4.69, 9.17) is 0 Å². The predicted octanol–water partition coefficient (Wildman–Crippen LogP) is 2.35. The van der Waals surface area contributed by atoms with Crippen molar-refractivity contribution in [2.45, 2.75) is 38.8 Å². The van der Waals surface area contributed by atoms with Crippen LogP contribution in [0, 0.1) is 0 Å². The zero-order valence-corrected chi connectivity index (χ0v) is 16.3. The molecule has 0 bridgehead atoms. The highest BCUT2D eigenvalue weighted by Crippen LogP contribution is 2.10. The van der Waals surface area contributed by atoms with Crippen molar-refractivity contribution in [3.05, 3.63) is 35.4 Å². The minimum absolute atomic E-state index is 0. The number of thioether (sulfide) groups is 1. The molecule has 1 heterocycles. The van der Waals surface area contributed by atoms with Gasteiger partial charge in [-0.25, -0.2) is 0 Å². The number of halogens is 1. The quantitative estimate of drug-likeness (QED) is 0.601. The van der Waals surface area contributed by atoms with Crippen LogP contribution < -0.4 is 16.0 Å². The molecule has 5 nitrogen and oxygen atoms in total. The Kier molecular flexibility index (Phi) is 10.6. The summed E-state index contributed by atoms with van der Waals surface area (Å²) in [6, 6.07) is 7.68. The van der Waals surface area contributed by atoms with E-state index in [1.807, 2.05) is 36.0 Å². The third kappa shape index (κ3) is 8.12. The van der Waals surface area contributed by atoms with Crippen LogP contribution in [0.15, 0.2) is 24.3 Å². The Morgan fingerprint density at radius 2 is 2.00 bits per heavy atom. The molecule has 140 valence electrons. The maximum absolute atomic E-state index is 12.0. The molecule has 1 saturated heterocycles. The summed E-state index contributed by atoms with van der Waals surface area (Å²) < 4.78 is 0. The Labute approximate surface area is 160 Å². The second kappa shape index (κ2) is 12.2. The van der Waals surface area contributed by atoms with Crippen LogP contribution in [-0.2, 0) is 11.3 Å². The van der Waals surface area contributed by atoms with Crippen LogP contribution in [0.4, 0.5) is 0 Å². The molecule has 1 aliphatic heterocycles. The summed E-state index contributed by atoms with van der Waals surface area (Å²) in [5, 5.41) is 9.21. The first-order chi connectivity index (χ1) is 11.7. The van der Waals surface area contributed by atoms with Gasteiger partial charge < -0.3 is 16.0 Å². The average molecular weight is 386 g/mol. The van der Waals surface area contributed by atoms with Gasteiger partial charge in [-0.2, -0.15) is 11.8 Å². The first-order valence-electron chi connectivity index (χ1n) is 8.64. The fourth-order valence-corrected chi connectivity index (χ4v) is 3.45. The van der Waals surface area contributed by atoms with Crippen molar-refractivity contribution < 1.29 is 9.59 Å². The number of rotatable bonds is 8. The van der Waals surface area contributed by atoms with E-state index in [0.717, 1.165) is 36.5 Å². The lowest BCUT2D eigenvalue weighted by Crippen LogP contribution is -2.41. The smallest absolute Gasteiger partial charge is 0.251 e. The number of amides is 2. The first kappa shape index (κ1) is 21.8. The third-order valence-corrected chi connectivity index (χ3v) is 5.08. The van der Waals surface area contributed by atoms with Gasteiger partial charge in [-0.3, -0.25) is 9.59 Å². The lowest BCUT2D eigenvalue weighted by Gasteiger charge is -2.22. The van der Waals surface area contributed by atoms with E-state index >= 15 is 0 Å². The van der Waals surface area contributed by atoms with E-state index in [1.54, 1.807) is 0 Å². The molecule has 1 aromatic carbocycles. The van der Waals surface area contributed by atoms with Crippen molar-refractivity contribution in [3.63, 3.8) is 0 Å². The van der Waals surface area contributed by atoms with Crippen molar-refractivity contribution in [2.24, 2.45) is 0 Å². The molecule has 1 aliphatic rings. The van der Waals surface area contributed by atoms with E-state index in [1.165, 1.54) is 0 Å². The highest BCUT2D eigenvalue weighted by Gasteiger charge is 2.16. The van der Waals surface area contributed by atoms with E-state index in [0.29, 0.717) is 25.1 Å². The van der Waals surface area contributed by atoms with E-state index in [2.05, 4.69) is 22.9 Å². The second-order valence-corrected chi connectivity index (χ2v) is 7.16. The molecule has 1 aromatic rings. The topological polar surface area (TPSA) is 70.2 Å². The van der Waals surface area contributed by atoms with Crippen LogP contribution in [0.25, 0.3) is 0 Å². The number of benzene rings is 1. The Bertz CT molecular complexity index is 534. The summed E-state index contributed by atoms with van der Waals surface area (Å²) in [5.41, 5.74) is 1.66. The summed E-state index contributed by atoms with van der Waals surface area (Å²) >= 11 is 1.89. The largest absolute Gasteiger partial charge is 0.352 e. The number of carbonyl (C=O) groups is 2. The van der Waals surface area contributed by atoms with Crippen molar-refractivity contribution in [2.75, 3.05) is 24.6 Å². The van der Waals surface area contributed by atoms with Gasteiger partial charge in [0, 0.05) is 49.2 Å². The number of hydrogen-bond acceptors (Lipinski definition) is 4. The lowest BCUT2D eigenvalue weighted by molar-refractivity contribution is -0.121. The van der Waals surface area contributed by atoms with Gasteiger partial charge in [0.25, 0.3) is 5.91 Å². The van der Waals surface area contributed by atoms with Crippen LogP contribution in [0.1, 0.15) is 42.1 Å². The standard InChI is InChI=1S/C18H27N3O2S.ClH/c1-2-3-8-20-18(23)15-6-4-14(5-7-15)12-21-17(22)11-16-13-24-10-9-19-16;/h4-7,16,19H,2-3,8-13H2,1H3,(H,20,23)(H,21,22);1H. The van der Waals surface area contributed by atoms with Gasteiger partial charge in [-0.05, 0) is 24.1 Å². The summed E-state index contributed by atoms with van der Waals surface area (Å²) in [4.78, 5) is 23.9. The van der Waals surface area contributed by atoms with Crippen LogP contribution in [0.3, 0.4) is 0 Å². The van der Waals surface area contributed by atoms with Gasteiger partial charge in [-0.15, -0.1) is 12.4 Å². The molecule has 25 heavy (non-hydrogen) atoms. The van der Waals surface area contributed by atoms with Gasteiger partial charge in [-0.1, -0.05) is 25.5 Å². The molecular formula is C18H28ClN3O2S. The zero-order chi connectivity index (χ0) is 17.2. The molecule has 0 saturated carbocycles. The summed E-state index contributed by atoms with van der Waals surface area (Å²) in [6.45, 7) is 4.28. The highest BCUT2D eigenvalue weighted by atomic mass is 35.5. The van der Waals surface area contributed by atoms with Crippen LogP contribution in [0.5, 0.6) is 0 Å². The Hall–Kier alpha value is -1.24. The second-order valence-electron chi connectivity index (χ2n) is 6.01. The summed E-state index contributed by atoms with van der Waals surface area (Å²) in [5.74, 6) is 2.14. The molecule has 0 radical (unpaired) electrons. The summed E-state index contributed by atoms with van der Waals surface area (Å²) in [6.07, 6.45) is 2.57. The van der Waals surface area contributed by atoms with Gasteiger partial charge in [0.1, 0.15) is 0 Å². The molecule has 0 aromatic heterocycles. The minimum Gasteiger partial charge on any atom is -0.352 e. The first-order valence-corrected chi connectivity index (χ1v) is 9.79. The van der Waals surface area contributed by atoms with Crippen molar-refractivity contribution >= 4 is 36.0 Å². The molecule has 1 unspecified atom stereocenters. The molecular weight excluding hydrogens is 358 g/mol. The number of unbranched alkanes of at least 4 members (excludes halogenated alkanes) is 1. The molecule has 0 spiro atoms. The molecule has 3 N–H and O–H groups in total. The Morgan fingerprint density at radius 1 is 1.24 bits per heavy atom. The van der Waals surface area contributed by atoms with Crippen LogP contribution in [0.2, 0.25) is 0 Å². The van der Waals surface area contributed by atoms with Gasteiger partial charge in [0.2, 0.25) is 5.91 Å². The molecule has 7 heteroatoms. The fraction of sp³-hybridized carbons (Fsp3) is 0.556. The van der Waals surface area contributed by atoms with Crippen LogP contribution >= 0.6 is 24.2 Å². The van der Waals surface area contributed by atoms with Gasteiger partial charge in [0.05, 0.1) is 0 Å². The Balaban J connectivity index is 0.00000312. The SMILES string of the molecule is CCCCNC(=O)c1ccc(CNC(=O)CC2CSCCN2)cc1.Cl. The average Bonchev–Trinajstić information content (AvgIpc) is 2.61. The summed E-state index contributed by atoms with van der Waals surface area (Å²) in [7, 11) is 0. The van der Waals surface area contributed by atoms with Crippen molar-refractivity contribution in [1.82, 2.24) is 16.0 Å². The zero-order valence-electron chi connectivity index (χ0n) is 14.7. The monoisotopic (exact) mass is 385 g/mol. The molecule has 1 fully saturated rings. The maximum Gasteiger partial charge on any atom is 0.251 e. The number of carbonyl (C=O) groups excluding carboxylic acids is 2. The minimum atomic E-state index is -0.0418. The van der Waals surface area contributed by atoms with E-state index in [-0.39, 0.29) is 30.3 Å². The lowest BCUT2D eigenvalue weighted by atomic mass is 10.1. The van der Waals surface area contributed by atoms with Crippen molar-refractivity contribution in [3.8, 4) is 0 Å².